The normalized spacial score (nSPS) is 27.1. The summed E-state index contributed by atoms with van der Waals surface area (Å²) in [5.74, 6) is -0.0933. The first-order valence-electron chi connectivity index (χ1n) is 5.62. The maximum Gasteiger partial charge on any atom is 0.327 e. The Morgan fingerprint density at radius 2 is 2.00 bits per heavy atom. The third kappa shape index (κ3) is 1.80. The van der Waals surface area contributed by atoms with Gasteiger partial charge in [0, 0.05) is 12.1 Å². The van der Waals surface area contributed by atoms with E-state index in [2.05, 4.69) is 0 Å². The lowest BCUT2D eigenvalue weighted by molar-refractivity contribution is -0.140. The SMILES string of the molecule is CC(C)(C)N1C(=O)CC2COCCN2C1=O. The third-order valence-electron chi connectivity index (χ3n) is 2.99. The Bertz CT molecular complexity index is 322. The van der Waals surface area contributed by atoms with Gasteiger partial charge in [0.1, 0.15) is 0 Å². The molecule has 0 saturated carbocycles. The summed E-state index contributed by atoms with van der Waals surface area (Å²) >= 11 is 0. The molecule has 5 heteroatoms. The lowest BCUT2D eigenvalue weighted by atomic mass is 10.0. The molecule has 2 rings (SSSR count). The molecule has 0 aliphatic carbocycles. The van der Waals surface area contributed by atoms with Crippen LogP contribution in [0, 0.1) is 0 Å². The van der Waals surface area contributed by atoms with Gasteiger partial charge in [-0.25, -0.2) is 4.79 Å². The van der Waals surface area contributed by atoms with Crippen molar-refractivity contribution >= 4 is 11.9 Å². The Morgan fingerprint density at radius 3 is 2.62 bits per heavy atom. The molecule has 1 atom stereocenters. The van der Waals surface area contributed by atoms with E-state index in [4.69, 9.17) is 4.74 Å². The van der Waals surface area contributed by atoms with Crippen molar-refractivity contribution in [2.24, 2.45) is 0 Å². The van der Waals surface area contributed by atoms with Gasteiger partial charge in [-0.15, -0.1) is 0 Å². The van der Waals surface area contributed by atoms with Gasteiger partial charge in [-0.05, 0) is 20.8 Å². The minimum Gasteiger partial charge on any atom is -0.377 e. The van der Waals surface area contributed by atoms with E-state index >= 15 is 0 Å². The largest absolute Gasteiger partial charge is 0.377 e. The molecule has 0 bridgehead atoms. The maximum absolute atomic E-state index is 12.2. The van der Waals surface area contributed by atoms with E-state index in [-0.39, 0.29) is 18.0 Å². The van der Waals surface area contributed by atoms with Gasteiger partial charge in [-0.1, -0.05) is 0 Å². The van der Waals surface area contributed by atoms with E-state index in [0.717, 1.165) is 0 Å². The minimum absolute atomic E-state index is 0.0626. The van der Waals surface area contributed by atoms with Crippen molar-refractivity contribution in [2.45, 2.75) is 38.8 Å². The van der Waals surface area contributed by atoms with Gasteiger partial charge in [0.05, 0.1) is 25.7 Å². The zero-order valence-electron chi connectivity index (χ0n) is 10.0. The number of carbonyl (C=O) groups excluding carboxylic acids is 2. The van der Waals surface area contributed by atoms with E-state index in [1.165, 1.54) is 4.90 Å². The van der Waals surface area contributed by atoms with Crippen molar-refractivity contribution in [3.63, 3.8) is 0 Å². The maximum atomic E-state index is 12.2. The van der Waals surface area contributed by atoms with Crippen LogP contribution in [0.2, 0.25) is 0 Å². The van der Waals surface area contributed by atoms with Gasteiger partial charge in [0.2, 0.25) is 5.91 Å². The first-order chi connectivity index (χ1) is 7.41. The molecular weight excluding hydrogens is 208 g/mol. The minimum atomic E-state index is -0.447. The average Bonchev–Trinajstić information content (AvgIpc) is 2.15. The topological polar surface area (TPSA) is 49.9 Å². The van der Waals surface area contributed by atoms with Crippen LogP contribution in [0.4, 0.5) is 4.79 Å². The summed E-state index contributed by atoms with van der Waals surface area (Å²) in [5.41, 5.74) is -0.447. The standard InChI is InChI=1S/C11H18N2O3/c1-11(2,3)13-9(14)6-8-7-16-5-4-12(8)10(13)15/h8H,4-7H2,1-3H3. The van der Waals surface area contributed by atoms with Gasteiger partial charge in [-0.2, -0.15) is 0 Å². The zero-order valence-corrected chi connectivity index (χ0v) is 10.0. The van der Waals surface area contributed by atoms with Gasteiger partial charge in [-0.3, -0.25) is 9.69 Å². The molecule has 0 N–H and O–H groups in total. The van der Waals surface area contributed by atoms with Crippen molar-refractivity contribution in [3.8, 4) is 0 Å². The number of hydrogen-bond donors (Lipinski definition) is 0. The number of ether oxygens (including phenoxy) is 1. The quantitative estimate of drug-likeness (QED) is 0.615. The summed E-state index contributed by atoms with van der Waals surface area (Å²) < 4.78 is 5.29. The molecule has 2 heterocycles. The Labute approximate surface area is 95.3 Å². The summed E-state index contributed by atoms with van der Waals surface area (Å²) in [6.07, 6.45) is 0.378. The Kier molecular flexibility index (Phi) is 2.66. The highest BCUT2D eigenvalue weighted by Crippen LogP contribution is 2.26. The molecule has 5 nitrogen and oxygen atoms in total. The number of hydrogen-bond acceptors (Lipinski definition) is 3. The predicted molar refractivity (Wildman–Crippen MR) is 57.9 cm³/mol. The van der Waals surface area contributed by atoms with Gasteiger partial charge in [0.15, 0.2) is 0 Å². The van der Waals surface area contributed by atoms with Crippen LogP contribution in [0.5, 0.6) is 0 Å². The van der Waals surface area contributed by atoms with E-state index in [0.29, 0.717) is 26.2 Å². The van der Waals surface area contributed by atoms with E-state index < -0.39 is 5.54 Å². The lowest BCUT2D eigenvalue weighted by Crippen LogP contribution is -2.64. The second-order valence-corrected chi connectivity index (χ2v) is 5.31. The zero-order chi connectivity index (χ0) is 11.9. The van der Waals surface area contributed by atoms with Gasteiger partial charge < -0.3 is 9.64 Å². The number of nitrogens with zero attached hydrogens (tertiary/aromatic N) is 2. The van der Waals surface area contributed by atoms with Crippen LogP contribution in [-0.2, 0) is 9.53 Å². The monoisotopic (exact) mass is 226 g/mol. The molecule has 0 aromatic rings. The second-order valence-electron chi connectivity index (χ2n) is 5.31. The first-order valence-corrected chi connectivity index (χ1v) is 5.62. The summed E-state index contributed by atoms with van der Waals surface area (Å²) in [7, 11) is 0. The van der Waals surface area contributed by atoms with E-state index in [1.807, 2.05) is 20.8 Å². The van der Waals surface area contributed by atoms with Crippen molar-refractivity contribution in [1.29, 1.82) is 0 Å². The lowest BCUT2D eigenvalue weighted by Gasteiger charge is -2.46. The molecule has 90 valence electrons. The first kappa shape index (κ1) is 11.4. The van der Waals surface area contributed by atoms with Crippen molar-refractivity contribution < 1.29 is 14.3 Å². The molecule has 2 aliphatic rings. The molecule has 0 aromatic heterocycles. The average molecular weight is 226 g/mol. The number of urea groups is 1. The number of imide groups is 1. The smallest absolute Gasteiger partial charge is 0.327 e. The molecule has 0 spiro atoms. The van der Waals surface area contributed by atoms with Crippen molar-refractivity contribution in [1.82, 2.24) is 9.80 Å². The molecule has 3 amide bonds. The van der Waals surface area contributed by atoms with Crippen LogP contribution in [0.25, 0.3) is 0 Å². The summed E-state index contributed by atoms with van der Waals surface area (Å²) in [6, 6.07) is -0.232. The summed E-state index contributed by atoms with van der Waals surface area (Å²) in [4.78, 5) is 27.3. The molecule has 16 heavy (non-hydrogen) atoms. The third-order valence-corrected chi connectivity index (χ3v) is 2.99. The molecule has 1 unspecified atom stereocenters. The van der Waals surface area contributed by atoms with Crippen LogP contribution >= 0.6 is 0 Å². The van der Waals surface area contributed by atoms with Gasteiger partial charge in [0.25, 0.3) is 0 Å². The molecular formula is C11H18N2O3. The van der Waals surface area contributed by atoms with Crippen LogP contribution in [0.15, 0.2) is 0 Å². The van der Waals surface area contributed by atoms with Crippen LogP contribution in [0.1, 0.15) is 27.2 Å². The van der Waals surface area contributed by atoms with Crippen LogP contribution < -0.4 is 0 Å². The van der Waals surface area contributed by atoms with E-state index in [9.17, 15) is 9.59 Å². The number of carbonyl (C=O) groups is 2. The number of morpholine rings is 1. The fourth-order valence-electron chi connectivity index (χ4n) is 2.26. The van der Waals surface area contributed by atoms with Crippen LogP contribution in [-0.4, -0.2) is 53.1 Å². The Morgan fingerprint density at radius 1 is 1.31 bits per heavy atom. The Balaban J connectivity index is 2.24. The predicted octanol–water partition coefficient (Wildman–Crippen LogP) is 0.838. The molecule has 0 aromatic carbocycles. The van der Waals surface area contributed by atoms with Crippen molar-refractivity contribution in [3.05, 3.63) is 0 Å². The highest BCUT2D eigenvalue weighted by atomic mass is 16.5. The summed E-state index contributed by atoms with van der Waals surface area (Å²) in [5, 5.41) is 0. The molecule has 2 fully saturated rings. The highest BCUT2D eigenvalue weighted by molar-refractivity contribution is 5.98. The fourth-order valence-corrected chi connectivity index (χ4v) is 2.26. The fraction of sp³-hybridized carbons (Fsp3) is 0.818. The molecule has 0 radical (unpaired) electrons. The Hall–Kier alpha value is -1.10. The van der Waals surface area contributed by atoms with E-state index in [1.54, 1.807) is 4.90 Å². The summed E-state index contributed by atoms with van der Waals surface area (Å²) in [6.45, 7) is 7.27. The van der Waals surface area contributed by atoms with Crippen molar-refractivity contribution in [2.75, 3.05) is 19.8 Å². The molecule has 2 saturated heterocycles. The number of fused-ring (bicyclic) bond motifs is 1. The van der Waals surface area contributed by atoms with Gasteiger partial charge >= 0.3 is 6.03 Å². The number of rotatable bonds is 0. The molecule has 2 aliphatic heterocycles. The number of amides is 3. The van der Waals surface area contributed by atoms with Crippen LogP contribution in [0.3, 0.4) is 0 Å². The highest BCUT2D eigenvalue weighted by Gasteiger charge is 2.44. The second kappa shape index (κ2) is 3.73.